The Morgan fingerprint density at radius 2 is 1.68 bits per heavy atom. The summed E-state index contributed by atoms with van der Waals surface area (Å²) in [5.74, 6) is 0.547. The van der Waals surface area contributed by atoms with Crippen LogP contribution in [-0.2, 0) is 4.79 Å². The highest BCUT2D eigenvalue weighted by molar-refractivity contribution is 6.31. The topological polar surface area (TPSA) is 40.6 Å². The number of hydrogen-bond donors (Lipinski definition) is 0. The number of hydrogen-bond acceptors (Lipinski definition) is 2. The highest BCUT2D eigenvalue weighted by Crippen LogP contribution is 2.34. The molecule has 2 amide bonds. The molecular weight excluding hydrogens is 336 g/mol. The normalized spacial score (nSPS) is 18.5. The third kappa shape index (κ3) is 4.17. The highest BCUT2D eigenvalue weighted by Gasteiger charge is 2.39. The van der Waals surface area contributed by atoms with E-state index >= 15 is 0 Å². The molecule has 0 N–H and O–H groups in total. The second-order valence-electron chi connectivity index (χ2n) is 7.61. The first-order valence-corrected chi connectivity index (χ1v) is 9.63. The molecule has 1 aliphatic heterocycles. The Morgan fingerprint density at radius 1 is 1.08 bits per heavy atom. The molecule has 0 radical (unpaired) electrons. The minimum atomic E-state index is 0.0909. The molecule has 0 bridgehead atoms. The number of amides is 2. The Labute approximate surface area is 155 Å². The molecular formula is C20H27ClN2O2. The molecule has 1 heterocycles. The maximum absolute atomic E-state index is 13.3. The molecule has 1 aromatic rings. The van der Waals surface area contributed by atoms with Gasteiger partial charge in [-0.25, -0.2) is 0 Å². The molecule has 2 fully saturated rings. The van der Waals surface area contributed by atoms with E-state index in [1.54, 1.807) is 13.0 Å². The van der Waals surface area contributed by atoms with Crippen molar-refractivity contribution in [2.45, 2.75) is 64.5 Å². The first kappa shape index (κ1) is 18.2. The lowest BCUT2D eigenvalue weighted by molar-refractivity contribution is -0.130. The number of halogens is 1. The molecule has 0 unspecified atom stereocenters. The zero-order chi connectivity index (χ0) is 18.1. The van der Waals surface area contributed by atoms with Crippen molar-refractivity contribution in [3.05, 3.63) is 34.3 Å². The monoisotopic (exact) mass is 362 g/mol. The summed E-state index contributed by atoms with van der Waals surface area (Å²) in [6.45, 7) is 7.31. The highest BCUT2D eigenvalue weighted by atomic mass is 35.5. The summed E-state index contributed by atoms with van der Waals surface area (Å²) < 4.78 is 0. The Bertz CT molecular complexity index is 662. The molecule has 1 aliphatic carbocycles. The Balaban J connectivity index is 1.80. The van der Waals surface area contributed by atoms with Crippen molar-refractivity contribution in [2.24, 2.45) is 0 Å². The fourth-order valence-corrected chi connectivity index (χ4v) is 3.90. The maximum Gasteiger partial charge on any atom is 0.254 e. The van der Waals surface area contributed by atoms with Crippen molar-refractivity contribution in [1.82, 2.24) is 9.80 Å². The minimum absolute atomic E-state index is 0.0909. The van der Waals surface area contributed by atoms with Gasteiger partial charge in [-0.2, -0.15) is 0 Å². The number of carbonyl (C=O) groups excluding carboxylic acids is 2. The van der Waals surface area contributed by atoms with Crippen molar-refractivity contribution in [2.75, 3.05) is 13.1 Å². The largest absolute Gasteiger partial charge is 0.343 e. The lowest BCUT2D eigenvalue weighted by atomic mass is 9.98. The van der Waals surface area contributed by atoms with Gasteiger partial charge in [-0.3, -0.25) is 9.59 Å². The smallest absolute Gasteiger partial charge is 0.254 e. The van der Waals surface area contributed by atoms with Gasteiger partial charge >= 0.3 is 0 Å². The van der Waals surface area contributed by atoms with E-state index in [0.29, 0.717) is 22.5 Å². The van der Waals surface area contributed by atoms with Crippen LogP contribution in [0.1, 0.15) is 68.3 Å². The third-order valence-electron chi connectivity index (χ3n) is 5.31. The molecule has 0 spiro atoms. The molecule has 2 aliphatic rings. The summed E-state index contributed by atoms with van der Waals surface area (Å²) in [6.07, 6.45) is 3.88. The van der Waals surface area contributed by atoms with Crippen molar-refractivity contribution in [3.8, 4) is 0 Å². The van der Waals surface area contributed by atoms with Crippen LogP contribution in [0.15, 0.2) is 18.2 Å². The number of rotatable bonds is 4. The number of benzene rings is 1. The molecule has 0 aromatic heterocycles. The first-order chi connectivity index (χ1) is 11.9. The SMILES string of the molecule is CC(=O)N1CCC(N(C(=O)c2cc(Cl)cc(C(C)C)c2)C2CC2)CC1. The molecule has 25 heavy (non-hydrogen) atoms. The van der Waals surface area contributed by atoms with Gasteiger partial charge in [-0.05, 0) is 55.4 Å². The first-order valence-electron chi connectivity index (χ1n) is 9.25. The van der Waals surface area contributed by atoms with Gasteiger partial charge in [0.25, 0.3) is 5.91 Å². The van der Waals surface area contributed by atoms with E-state index < -0.39 is 0 Å². The fraction of sp³-hybridized carbons (Fsp3) is 0.600. The van der Waals surface area contributed by atoms with Gasteiger partial charge in [-0.15, -0.1) is 0 Å². The average molecular weight is 363 g/mol. The summed E-state index contributed by atoms with van der Waals surface area (Å²) in [4.78, 5) is 28.8. The summed E-state index contributed by atoms with van der Waals surface area (Å²) in [6, 6.07) is 6.28. The second-order valence-corrected chi connectivity index (χ2v) is 8.05. The van der Waals surface area contributed by atoms with Gasteiger partial charge in [0.2, 0.25) is 5.91 Å². The van der Waals surface area contributed by atoms with Crippen LogP contribution >= 0.6 is 11.6 Å². The molecule has 5 heteroatoms. The minimum Gasteiger partial charge on any atom is -0.343 e. The van der Waals surface area contributed by atoms with Gasteiger partial charge < -0.3 is 9.80 Å². The van der Waals surface area contributed by atoms with E-state index in [9.17, 15) is 9.59 Å². The van der Waals surface area contributed by atoms with Crippen LogP contribution in [0, 0.1) is 0 Å². The Kier molecular flexibility index (Phi) is 5.38. The predicted molar refractivity (Wildman–Crippen MR) is 100 cm³/mol. The van der Waals surface area contributed by atoms with Crippen LogP contribution < -0.4 is 0 Å². The Morgan fingerprint density at radius 3 is 2.20 bits per heavy atom. The zero-order valence-electron chi connectivity index (χ0n) is 15.3. The average Bonchev–Trinajstić information content (AvgIpc) is 3.39. The molecule has 1 aromatic carbocycles. The van der Waals surface area contributed by atoms with Crippen molar-refractivity contribution in [3.63, 3.8) is 0 Å². The van der Waals surface area contributed by atoms with E-state index in [-0.39, 0.29) is 17.9 Å². The van der Waals surface area contributed by atoms with E-state index in [0.717, 1.165) is 44.3 Å². The van der Waals surface area contributed by atoms with Crippen molar-refractivity contribution in [1.29, 1.82) is 0 Å². The van der Waals surface area contributed by atoms with Crippen molar-refractivity contribution >= 4 is 23.4 Å². The zero-order valence-corrected chi connectivity index (χ0v) is 16.1. The van der Waals surface area contributed by atoms with Crippen LogP contribution in [0.2, 0.25) is 5.02 Å². The number of carbonyl (C=O) groups is 2. The Hall–Kier alpha value is -1.55. The van der Waals surface area contributed by atoms with Crippen LogP contribution in [0.25, 0.3) is 0 Å². The maximum atomic E-state index is 13.3. The standard InChI is InChI=1S/C20H27ClN2O2/c1-13(2)15-10-16(12-17(21)11-15)20(25)23(18-4-5-18)19-6-8-22(9-7-19)14(3)24/h10-13,18-19H,4-9H2,1-3H3. The molecule has 0 atom stereocenters. The molecule has 1 saturated carbocycles. The summed E-state index contributed by atoms with van der Waals surface area (Å²) in [7, 11) is 0. The van der Waals surface area contributed by atoms with Gasteiger partial charge in [0.1, 0.15) is 0 Å². The molecule has 3 rings (SSSR count). The van der Waals surface area contributed by atoms with E-state index in [2.05, 4.69) is 18.7 Å². The summed E-state index contributed by atoms with van der Waals surface area (Å²) >= 11 is 6.26. The molecule has 1 saturated heterocycles. The van der Waals surface area contributed by atoms with Gasteiger partial charge in [0, 0.05) is 42.7 Å². The number of piperidine rings is 1. The predicted octanol–water partition coefficient (Wildman–Crippen LogP) is 4.08. The number of likely N-dealkylation sites (tertiary alicyclic amines) is 1. The molecule has 136 valence electrons. The summed E-state index contributed by atoms with van der Waals surface area (Å²) in [5, 5.41) is 0.622. The van der Waals surface area contributed by atoms with Gasteiger partial charge in [0.15, 0.2) is 0 Å². The van der Waals surface area contributed by atoms with Gasteiger partial charge in [0.05, 0.1) is 0 Å². The molecule has 4 nitrogen and oxygen atoms in total. The van der Waals surface area contributed by atoms with Crippen LogP contribution in [0.4, 0.5) is 0 Å². The van der Waals surface area contributed by atoms with Gasteiger partial charge in [-0.1, -0.05) is 25.4 Å². The van der Waals surface area contributed by atoms with Crippen LogP contribution in [-0.4, -0.2) is 46.8 Å². The van der Waals surface area contributed by atoms with Crippen LogP contribution in [0.3, 0.4) is 0 Å². The summed E-state index contributed by atoms with van der Waals surface area (Å²) in [5.41, 5.74) is 1.79. The third-order valence-corrected chi connectivity index (χ3v) is 5.53. The lowest BCUT2D eigenvalue weighted by Gasteiger charge is -2.38. The van der Waals surface area contributed by atoms with Crippen LogP contribution in [0.5, 0.6) is 0 Å². The second kappa shape index (κ2) is 7.36. The van der Waals surface area contributed by atoms with E-state index in [1.165, 1.54) is 0 Å². The number of nitrogens with zero attached hydrogens (tertiary/aromatic N) is 2. The quantitative estimate of drug-likeness (QED) is 0.809. The van der Waals surface area contributed by atoms with Crippen molar-refractivity contribution < 1.29 is 9.59 Å². The fourth-order valence-electron chi connectivity index (χ4n) is 3.66. The van der Waals surface area contributed by atoms with E-state index in [1.807, 2.05) is 17.0 Å². The lowest BCUT2D eigenvalue weighted by Crippen LogP contribution is -2.49. The van der Waals surface area contributed by atoms with E-state index in [4.69, 9.17) is 11.6 Å².